The third-order valence-electron chi connectivity index (χ3n) is 3.68. The van der Waals surface area contributed by atoms with Crippen LogP contribution in [0.3, 0.4) is 0 Å². The molecule has 0 bridgehead atoms. The third kappa shape index (κ3) is 4.54. The third-order valence-corrected chi connectivity index (χ3v) is 3.68. The van der Waals surface area contributed by atoms with Crippen LogP contribution >= 0.6 is 0 Å². The second-order valence-corrected chi connectivity index (χ2v) is 5.26. The summed E-state index contributed by atoms with van der Waals surface area (Å²) >= 11 is 0. The molecule has 1 aliphatic rings. The molecular formula is C16H22N4O3. The van der Waals surface area contributed by atoms with Gasteiger partial charge in [0.05, 0.1) is 12.5 Å². The first-order valence-electron chi connectivity index (χ1n) is 7.48. The van der Waals surface area contributed by atoms with Crippen molar-refractivity contribution in [3.05, 3.63) is 42.5 Å². The summed E-state index contributed by atoms with van der Waals surface area (Å²) in [6, 6.07) is 7.10. The van der Waals surface area contributed by atoms with Crippen LogP contribution in [0, 0.1) is 0 Å². The highest BCUT2D eigenvalue weighted by Gasteiger charge is 2.31. The van der Waals surface area contributed by atoms with Crippen molar-refractivity contribution in [1.29, 1.82) is 0 Å². The first-order valence-corrected chi connectivity index (χ1v) is 7.48. The molecule has 7 nitrogen and oxygen atoms in total. The predicted molar refractivity (Wildman–Crippen MR) is 86.3 cm³/mol. The van der Waals surface area contributed by atoms with Gasteiger partial charge in [0.2, 0.25) is 11.8 Å². The molecule has 1 saturated heterocycles. The summed E-state index contributed by atoms with van der Waals surface area (Å²) < 4.78 is 5.65. The van der Waals surface area contributed by atoms with Gasteiger partial charge < -0.3 is 10.1 Å². The van der Waals surface area contributed by atoms with Crippen LogP contribution in [0.25, 0.3) is 0 Å². The molecule has 1 aliphatic heterocycles. The fourth-order valence-corrected chi connectivity index (χ4v) is 2.55. The second-order valence-electron chi connectivity index (χ2n) is 5.26. The van der Waals surface area contributed by atoms with E-state index in [1.54, 1.807) is 6.08 Å². The molecule has 0 aromatic heterocycles. The lowest BCUT2D eigenvalue weighted by atomic mass is 10.1. The normalized spacial score (nSPS) is 18.1. The molecule has 7 heteroatoms. The van der Waals surface area contributed by atoms with Gasteiger partial charge >= 0.3 is 0 Å². The average molecular weight is 318 g/mol. The topological polar surface area (TPSA) is 96.7 Å². The smallest absolute Gasteiger partial charge is 0.237 e. The maximum atomic E-state index is 12.1. The summed E-state index contributed by atoms with van der Waals surface area (Å²) in [5.41, 5.74) is 3.04. The Kier molecular flexibility index (Phi) is 6.13. The fourth-order valence-electron chi connectivity index (χ4n) is 2.55. The maximum absolute atomic E-state index is 12.1. The minimum absolute atomic E-state index is 0.0258. The number of carbonyl (C=O) groups excluding carboxylic acids is 2. The van der Waals surface area contributed by atoms with Crippen molar-refractivity contribution < 1.29 is 14.3 Å². The van der Waals surface area contributed by atoms with Crippen LogP contribution in [0.1, 0.15) is 12.0 Å². The molecule has 1 atom stereocenters. The fraction of sp³-hybridized carbons (Fsp3) is 0.375. The number of carbonyl (C=O) groups is 2. The van der Waals surface area contributed by atoms with Crippen molar-refractivity contribution in [2.24, 2.45) is 5.84 Å². The number of benzene rings is 1. The number of piperazine rings is 1. The molecule has 4 N–H and O–H groups in total. The molecular weight excluding hydrogens is 296 g/mol. The van der Waals surface area contributed by atoms with E-state index in [1.807, 2.05) is 29.2 Å². The van der Waals surface area contributed by atoms with Crippen molar-refractivity contribution in [2.45, 2.75) is 19.0 Å². The van der Waals surface area contributed by atoms with Gasteiger partial charge in [0.15, 0.2) is 0 Å². The van der Waals surface area contributed by atoms with Gasteiger partial charge in [-0.3, -0.25) is 19.9 Å². The van der Waals surface area contributed by atoms with Gasteiger partial charge in [-0.05, 0) is 6.07 Å². The van der Waals surface area contributed by atoms with Crippen LogP contribution in [-0.2, 0) is 16.1 Å². The van der Waals surface area contributed by atoms with Gasteiger partial charge in [-0.25, -0.2) is 5.84 Å². The predicted octanol–water partition coefficient (Wildman–Crippen LogP) is -0.0682. The number of hydrogen-bond donors (Lipinski definition) is 3. The lowest BCUT2D eigenvalue weighted by Crippen LogP contribution is -2.56. The Labute approximate surface area is 135 Å². The highest BCUT2D eigenvalue weighted by molar-refractivity contribution is 5.88. The number of para-hydroxylation sites is 1. The minimum Gasteiger partial charge on any atom is -0.489 e. The molecule has 124 valence electrons. The van der Waals surface area contributed by atoms with Gasteiger partial charge in [-0.15, -0.1) is 0 Å². The van der Waals surface area contributed by atoms with E-state index in [0.29, 0.717) is 26.2 Å². The summed E-state index contributed by atoms with van der Waals surface area (Å²) in [6.07, 6.45) is 1.71. The molecule has 0 radical (unpaired) electrons. The summed E-state index contributed by atoms with van der Waals surface area (Å²) in [5.74, 6) is 5.35. The summed E-state index contributed by atoms with van der Waals surface area (Å²) in [4.78, 5) is 25.6. The number of nitrogens with one attached hydrogen (secondary N) is 2. The van der Waals surface area contributed by atoms with E-state index in [4.69, 9.17) is 10.6 Å². The quantitative estimate of drug-likeness (QED) is 0.283. The van der Waals surface area contributed by atoms with Gasteiger partial charge in [0, 0.05) is 25.2 Å². The van der Waals surface area contributed by atoms with Crippen LogP contribution in [-0.4, -0.2) is 42.5 Å². The number of amides is 2. The van der Waals surface area contributed by atoms with E-state index >= 15 is 0 Å². The van der Waals surface area contributed by atoms with Crippen molar-refractivity contribution in [3.63, 3.8) is 0 Å². The molecule has 1 fully saturated rings. The molecule has 1 aromatic rings. The summed E-state index contributed by atoms with van der Waals surface area (Å²) in [5, 5.41) is 2.78. The molecule has 1 aromatic carbocycles. The zero-order valence-corrected chi connectivity index (χ0v) is 13.0. The number of nitrogens with zero attached hydrogens (tertiary/aromatic N) is 1. The van der Waals surface area contributed by atoms with E-state index in [1.165, 1.54) is 0 Å². The molecule has 2 rings (SSSR count). The van der Waals surface area contributed by atoms with E-state index in [0.717, 1.165) is 11.3 Å². The maximum Gasteiger partial charge on any atom is 0.237 e. The Morgan fingerprint density at radius 2 is 2.30 bits per heavy atom. The highest BCUT2D eigenvalue weighted by Crippen LogP contribution is 2.22. The van der Waals surface area contributed by atoms with Crippen LogP contribution in [0.15, 0.2) is 36.9 Å². The molecule has 1 unspecified atom stereocenters. The Morgan fingerprint density at radius 1 is 1.52 bits per heavy atom. The number of nitrogens with two attached hydrogens (primary N) is 1. The lowest BCUT2D eigenvalue weighted by molar-refractivity contribution is -0.134. The molecule has 2 amide bonds. The average Bonchev–Trinajstić information content (AvgIpc) is 2.57. The summed E-state index contributed by atoms with van der Waals surface area (Å²) in [7, 11) is 0. The minimum atomic E-state index is -0.542. The Bertz CT molecular complexity index is 576. The van der Waals surface area contributed by atoms with E-state index in [-0.39, 0.29) is 18.2 Å². The van der Waals surface area contributed by atoms with Crippen molar-refractivity contribution >= 4 is 11.8 Å². The number of hydrogen-bond acceptors (Lipinski definition) is 5. The van der Waals surface area contributed by atoms with E-state index in [2.05, 4.69) is 17.3 Å². The zero-order chi connectivity index (χ0) is 16.7. The van der Waals surface area contributed by atoms with Gasteiger partial charge in [0.1, 0.15) is 12.4 Å². The van der Waals surface area contributed by atoms with Crippen LogP contribution in [0.2, 0.25) is 0 Å². The van der Waals surface area contributed by atoms with Crippen LogP contribution in [0.5, 0.6) is 5.75 Å². The first-order chi connectivity index (χ1) is 11.2. The molecule has 0 spiro atoms. The van der Waals surface area contributed by atoms with Gasteiger partial charge in [-0.2, -0.15) is 0 Å². The molecule has 0 saturated carbocycles. The van der Waals surface area contributed by atoms with Crippen LogP contribution in [0.4, 0.5) is 0 Å². The Hall–Kier alpha value is -2.38. The number of ether oxygens (including phenoxy) is 1. The van der Waals surface area contributed by atoms with Crippen LogP contribution < -0.4 is 21.3 Å². The van der Waals surface area contributed by atoms with Crippen molar-refractivity contribution in [1.82, 2.24) is 15.6 Å². The van der Waals surface area contributed by atoms with Gasteiger partial charge in [-0.1, -0.05) is 30.9 Å². The molecule has 1 heterocycles. The standard InChI is InChI=1S/C16H22N4O3/c1-2-9-23-14-6-4-3-5-12(14)11-20-8-7-18-16(22)13(20)10-15(21)19-17/h2-6,13H,1,7-11,17H2,(H,18,22)(H,19,21). The van der Waals surface area contributed by atoms with E-state index in [9.17, 15) is 9.59 Å². The molecule has 23 heavy (non-hydrogen) atoms. The second kappa shape index (κ2) is 8.30. The van der Waals surface area contributed by atoms with Gasteiger partial charge in [0.25, 0.3) is 0 Å². The highest BCUT2D eigenvalue weighted by atomic mass is 16.5. The number of hydrazine groups is 1. The van der Waals surface area contributed by atoms with E-state index < -0.39 is 6.04 Å². The van der Waals surface area contributed by atoms with Crippen molar-refractivity contribution in [2.75, 3.05) is 19.7 Å². The first kappa shape index (κ1) is 17.0. The van der Waals surface area contributed by atoms with Crippen molar-refractivity contribution in [3.8, 4) is 5.75 Å². The Balaban J connectivity index is 2.14. The SMILES string of the molecule is C=CCOc1ccccc1CN1CCNC(=O)C1CC(=O)NN. The Morgan fingerprint density at radius 3 is 3.04 bits per heavy atom. The largest absolute Gasteiger partial charge is 0.489 e. The summed E-state index contributed by atoms with van der Waals surface area (Å²) in [6.45, 7) is 5.78. The monoisotopic (exact) mass is 318 g/mol. The molecule has 0 aliphatic carbocycles. The number of rotatable bonds is 7. The lowest BCUT2D eigenvalue weighted by Gasteiger charge is -2.34. The zero-order valence-electron chi connectivity index (χ0n) is 13.0.